The Morgan fingerprint density at radius 2 is 2.31 bits per heavy atom. The van der Waals surface area contributed by atoms with E-state index in [1.807, 2.05) is 0 Å². The van der Waals surface area contributed by atoms with E-state index in [4.69, 9.17) is 0 Å². The number of benzene rings is 1. The number of hydrogen-bond acceptors (Lipinski definition) is 2. The van der Waals surface area contributed by atoms with Crippen LogP contribution in [-0.4, -0.2) is 10.9 Å². The van der Waals surface area contributed by atoms with Crippen LogP contribution in [-0.2, 0) is 11.2 Å². The normalized spacial score (nSPS) is 9.62. The molecular weight excluding hydrogens is 232 g/mol. The minimum atomic E-state index is -0.109. The van der Waals surface area contributed by atoms with Gasteiger partial charge in [0.25, 0.3) is 0 Å². The van der Waals surface area contributed by atoms with E-state index in [9.17, 15) is 9.90 Å². The summed E-state index contributed by atoms with van der Waals surface area (Å²) in [6.45, 7) is 3.37. The summed E-state index contributed by atoms with van der Waals surface area (Å²) >= 11 is 3.26. The largest absolute Gasteiger partial charge is 0.508 e. The molecule has 0 fully saturated rings. The number of ketones is 1. The molecule has 0 atom stereocenters. The number of hydrogen-bond donors (Lipinski definition) is 1. The summed E-state index contributed by atoms with van der Waals surface area (Å²) in [5.74, 6) is 0.0202. The van der Waals surface area contributed by atoms with E-state index in [1.165, 1.54) is 6.08 Å². The maximum Gasteiger partial charge on any atom is 0.159 e. The minimum absolute atomic E-state index is 0.109. The Kier molecular flexibility index (Phi) is 3.25. The fourth-order valence-electron chi connectivity index (χ4n) is 0.969. The number of rotatable bonds is 3. The molecule has 2 nitrogen and oxygen atoms in total. The van der Waals surface area contributed by atoms with Crippen LogP contribution >= 0.6 is 15.9 Å². The summed E-state index contributed by atoms with van der Waals surface area (Å²) in [4.78, 5) is 11.0. The maximum atomic E-state index is 11.0. The molecule has 0 heterocycles. The number of phenols is 1. The summed E-state index contributed by atoms with van der Waals surface area (Å²) in [5.41, 5.74) is 0.604. The lowest BCUT2D eigenvalue weighted by Gasteiger charge is -2.03. The zero-order chi connectivity index (χ0) is 9.84. The maximum absolute atomic E-state index is 11.0. The third-order valence-electron chi connectivity index (χ3n) is 1.67. The van der Waals surface area contributed by atoms with Gasteiger partial charge in [0.2, 0.25) is 0 Å². The summed E-state index contributed by atoms with van der Waals surface area (Å²) in [6.07, 6.45) is 1.43. The third-order valence-corrected chi connectivity index (χ3v) is 2.42. The lowest BCUT2D eigenvalue weighted by molar-refractivity contribution is -0.114. The monoisotopic (exact) mass is 240 g/mol. The number of aromatic hydroxyl groups is 1. The van der Waals surface area contributed by atoms with Crippen LogP contribution in [0.15, 0.2) is 35.3 Å². The van der Waals surface area contributed by atoms with Gasteiger partial charge in [-0.2, -0.15) is 0 Å². The second kappa shape index (κ2) is 4.23. The summed E-state index contributed by atoms with van der Waals surface area (Å²) in [7, 11) is 0. The Morgan fingerprint density at radius 1 is 1.62 bits per heavy atom. The van der Waals surface area contributed by atoms with Crippen molar-refractivity contribution in [2.45, 2.75) is 6.42 Å². The van der Waals surface area contributed by atoms with E-state index in [2.05, 4.69) is 22.5 Å². The van der Waals surface area contributed by atoms with E-state index in [0.29, 0.717) is 5.56 Å². The van der Waals surface area contributed by atoms with Crippen molar-refractivity contribution < 1.29 is 9.90 Å². The van der Waals surface area contributed by atoms with E-state index < -0.39 is 0 Å². The van der Waals surface area contributed by atoms with Crippen LogP contribution in [0, 0.1) is 0 Å². The van der Waals surface area contributed by atoms with Crippen LogP contribution < -0.4 is 0 Å². The molecule has 1 N–H and O–H groups in total. The van der Waals surface area contributed by atoms with E-state index in [-0.39, 0.29) is 18.0 Å². The first-order valence-corrected chi connectivity index (χ1v) is 4.56. The average molecular weight is 241 g/mol. The summed E-state index contributed by atoms with van der Waals surface area (Å²) in [6, 6.07) is 5.04. The Labute approximate surface area is 85.0 Å². The number of allylic oxidation sites excluding steroid dienone is 1. The summed E-state index contributed by atoms with van der Waals surface area (Å²) < 4.78 is 0.739. The molecule has 0 saturated carbocycles. The highest BCUT2D eigenvalue weighted by Gasteiger charge is 2.08. The van der Waals surface area contributed by atoms with E-state index in [0.717, 1.165) is 4.47 Å². The van der Waals surface area contributed by atoms with Crippen LogP contribution in [0.5, 0.6) is 5.75 Å². The van der Waals surface area contributed by atoms with Gasteiger partial charge >= 0.3 is 0 Å². The number of carbonyl (C=O) groups is 1. The van der Waals surface area contributed by atoms with Gasteiger partial charge in [-0.1, -0.05) is 28.6 Å². The highest BCUT2D eigenvalue weighted by molar-refractivity contribution is 9.10. The van der Waals surface area contributed by atoms with Gasteiger partial charge in [-0.25, -0.2) is 0 Å². The molecule has 13 heavy (non-hydrogen) atoms. The van der Waals surface area contributed by atoms with Crippen LogP contribution in [0.25, 0.3) is 0 Å². The molecule has 68 valence electrons. The molecule has 0 radical (unpaired) electrons. The Morgan fingerprint density at radius 3 is 2.85 bits per heavy atom. The van der Waals surface area contributed by atoms with Crippen LogP contribution in [0.1, 0.15) is 5.56 Å². The second-order valence-electron chi connectivity index (χ2n) is 2.58. The molecule has 1 aromatic carbocycles. The molecule has 0 aromatic heterocycles. The van der Waals surface area contributed by atoms with Gasteiger partial charge in [0.1, 0.15) is 5.75 Å². The molecule has 0 aliphatic rings. The minimum Gasteiger partial charge on any atom is -0.508 e. The molecular formula is C10H9BrO2. The predicted molar refractivity (Wildman–Crippen MR) is 54.7 cm³/mol. The van der Waals surface area contributed by atoms with Crippen molar-refractivity contribution >= 4 is 21.7 Å². The fourth-order valence-corrected chi connectivity index (χ4v) is 1.46. The first-order chi connectivity index (χ1) is 6.15. The van der Waals surface area contributed by atoms with Crippen molar-refractivity contribution in [3.63, 3.8) is 0 Å². The smallest absolute Gasteiger partial charge is 0.159 e. The highest BCUT2D eigenvalue weighted by atomic mass is 79.9. The molecule has 0 aliphatic heterocycles. The summed E-state index contributed by atoms with van der Waals surface area (Å²) in [5, 5.41) is 9.42. The number of phenolic OH excluding ortho intramolecular Hbond substituents is 1. The molecule has 0 unspecified atom stereocenters. The second-order valence-corrected chi connectivity index (χ2v) is 3.44. The van der Waals surface area contributed by atoms with Gasteiger partial charge in [0.05, 0.1) is 0 Å². The van der Waals surface area contributed by atoms with E-state index >= 15 is 0 Å². The molecule has 0 amide bonds. The quantitative estimate of drug-likeness (QED) is 0.825. The van der Waals surface area contributed by atoms with Gasteiger partial charge in [-0.05, 0) is 18.2 Å². The van der Waals surface area contributed by atoms with Crippen LogP contribution in [0.2, 0.25) is 0 Å². The molecule has 3 heteroatoms. The molecule has 0 saturated heterocycles. The standard InChI is InChI=1S/C10H9BrO2/c1-2-7(12)6-8-9(11)4-3-5-10(8)13/h2-5,13H,1,6H2. The average Bonchev–Trinajstić information content (AvgIpc) is 2.11. The Hall–Kier alpha value is -1.09. The first kappa shape index (κ1) is 9.99. The fraction of sp³-hybridized carbons (Fsp3) is 0.100. The van der Waals surface area contributed by atoms with Crippen molar-refractivity contribution in [3.05, 3.63) is 40.9 Å². The SMILES string of the molecule is C=CC(=O)Cc1c(O)cccc1Br. The van der Waals surface area contributed by atoms with Gasteiger partial charge < -0.3 is 5.11 Å². The molecule has 1 aromatic rings. The van der Waals surface area contributed by atoms with Crippen LogP contribution in [0.4, 0.5) is 0 Å². The van der Waals surface area contributed by atoms with Crippen LogP contribution in [0.3, 0.4) is 0 Å². The first-order valence-electron chi connectivity index (χ1n) is 3.76. The van der Waals surface area contributed by atoms with Gasteiger partial charge in [0, 0.05) is 16.5 Å². The number of carbonyl (C=O) groups excluding carboxylic acids is 1. The van der Waals surface area contributed by atoms with Gasteiger partial charge in [0.15, 0.2) is 5.78 Å². The van der Waals surface area contributed by atoms with Gasteiger partial charge in [-0.15, -0.1) is 0 Å². The molecule has 0 bridgehead atoms. The lowest BCUT2D eigenvalue weighted by Crippen LogP contribution is -1.98. The molecule has 0 aliphatic carbocycles. The van der Waals surface area contributed by atoms with Crippen molar-refractivity contribution in [3.8, 4) is 5.75 Å². The Balaban J connectivity index is 2.99. The van der Waals surface area contributed by atoms with Crippen molar-refractivity contribution in [2.24, 2.45) is 0 Å². The Bertz CT molecular complexity index is 325. The zero-order valence-electron chi connectivity index (χ0n) is 6.96. The highest BCUT2D eigenvalue weighted by Crippen LogP contribution is 2.26. The van der Waals surface area contributed by atoms with Crippen molar-refractivity contribution in [1.29, 1.82) is 0 Å². The third kappa shape index (κ3) is 2.42. The predicted octanol–water partition coefficient (Wildman–Crippen LogP) is 2.45. The number of halogens is 1. The zero-order valence-corrected chi connectivity index (χ0v) is 8.54. The topological polar surface area (TPSA) is 37.3 Å². The van der Waals surface area contributed by atoms with Gasteiger partial charge in [-0.3, -0.25) is 4.79 Å². The molecule has 1 rings (SSSR count). The van der Waals surface area contributed by atoms with E-state index in [1.54, 1.807) is 18.2 Å². The molecule has 0 spiro atoms. The van der Waals surface area contributed by atoms with Crippen molar-refractivity contribution in [2.75, 3.05) is 0 Å². The lowest BCUT2D eigenvalue weighted by atomic mass is 10.1. The van der Waals surface area contributed by atoms with Crippen molar-refractivity contribution in [1.82, 2.24) is 0 Å².